The Labute approximate surface area is 146 Å². The van der Waals surface area contributed by atoms with Crippen LogP contribution in [0.25, 0.3) is 11.1 Å². The fraction of sp³-hybridized carbons (Fsp3) is 0.316. The second-order valence-electron chi connectivity index (χ2n) is 6.17. The summed E-state index contributed by atoms with van der Waals surface area (Å²) in [6.45, 7) is 5.13. The number of nitrogens with zero attached hydrogens (tertiary/aromatic N) is 1. The molecule has 0 aliphatic carbocycles. The van der Waals surface area contributed by atoms with Crippen LogP contribution in [0.5, 0.6) is 0 Å². The molecular weight excluding hydrogens is 329 g/mol. The third-order valence-corrected chi connectivity index (χ3v) is 4.38. The fourth-order valence-corrected chi connectivity index (χ4v) is 3.19. The van der Waals surface area contributed by atoms with E-state index in [-0.39, 0.29) is 23.1 Å². The number of benzene rings is 2. The van der Waals surface area contributed by atoms with Gasteiger partial charge in [-0.3, -0.25) is 4.79 Å². The molecule has 126 valence electrons. The monoisotopic (exact) mass is 347 g/mol. The largest absolute Gasteiger partial charge is 0.372 e. The molecule has 0 spiro atoms. The van der Waals surface area contributed by atoms with Gasteiger partial charge in [-0.2, -0.15) is 0 Å². The first kappa shape index (κ1) is 16.9. The quantitative estimate of drug-likeness (QED) is 0.806. The maximum atomic E-state index is 13.3. The van der Waals surface area contributed by atoms with Crippen LogP contribution in [0.2, 0.25) is 5.02 Å². The molecule has 1 saturated heterocycles. The van der Waals surface area contributed by atoms with Crippen molar-refractivity contribution in [2.24, 2.45) is 0 Å². The molecule has 0 saturated carbocycles. The van der Waals surface area contributed by atoms with Gasteiger partial charge in [0.25, 0.3) is 5.91 Å². The standard InChI is InChI=1S/C19H19ClFNO2/c1-12-10-22(11-13(2)24-12)19(23)15-5-3-14(4-6-15)16-7-8-18(21)17(20)9-16/h3-9,12-13H,10-11H2,1-2H3/t12-,13+. The van der Waals surface area contributed by atoms with Gasteiger partial charge in [-0.05, 0) is 49.2 Å². The van der Waals surface area contributed by atoms with E-state index < -0.39 is 5.82 Å². The number of halogens is 2. The van der Waals surface area contributed by atoms with E-state index in [1.165, 1.54) is 6.07 Å². The van der Waals surface area contributed by atoms with Crippen molar-refractivity contribution in [3.63, 3.8) is 0 Å². The lowest BCUT2D eigenvalue weighted by atomic mass is 10.0. The Bertz CT molecular complexity index is 738. The lowest BCUT2D eigenvalue weighted by Crippen LogP contribution is -2.48. The zero-order valence-electron chi connectivity index (χ0n) is 13.6. The van der Waals surface area contributed by atoms with Crippen molar-refractivity contribution in [3.05, 3.63) is 58.9 Å². The molecule has 1 heterocycles. The lowest BCUT2D eigenvalue weighted by molar-refractivity contribution is -0.0586. The van der Waals surface area contributed by atoms with E-state index >= 15 is 0 Å². The summed E-state index contributed by atoms with van der Waals surface area (Å²) in [7, 11) is 0. The number of amides is 1. The highest BCUT2D eigenvalue weighted by molar-refractivity contribution is 6.31. The Balaban J connectivity index is 1.78. The number of morpholine rings is 1. The molecule has 1 aliphatic heterocycles. The number of hydrogen-bond donors (Lipinski definition) is 0. The second kappa shape index (κ2) is 6.91. The molecule has 0 unspecified atom stereocenters. The van der Waals surface area contributed by atoms with Crippen LogP contribution in [0.3, 0.4) is 0 Å². The van der Waals surface area contributed by atoms with Gasteiger partial charge in [-0.15, -0.1) is 0 Å². The van der Waals surface area contributed by atoms with Crippen LogP contribution < -0.4 is 0 Å². The van der Waals surface area contributed by atoms with Crippen molar-refractivity contribution >= 4 is 17.5 Å². The van der Waals surface area contributed by atoms with Gasteiger partial charge in [-0.25, -0.2) is 4.39 Å². The van der Waals surface area contributed by atoms with Gasteiger partial charge in [0, 0.05) is 18.7 Å². The summed E-state index contributed by atoms with van der Waals surface area (Å²) in [5.74, 6) is -0.441. The highest BCUT2D eigenvalue weighted by Gasteiger charge is 2.26. The molecule has 0 N–H and O–H groups in total. The third kappa shape index (κ3) is 3.60. The SMILES string of the molecule is C[C@@H]1CN(C(=O)c2ccc(-c3ccc(F)c(Cl)c3)cc2)C[C@H](C)O1. The number of rotatable bonds is 2. The third-order valence-electron chi connectivity index (χ3n) is 4.09. The van der Waals surface area contributed by atoms with Crippen molar-refractivity contribution < 1.29 is 13.9 Å². The summed E-state index contributed by atoms with van der Waals surface area (Å²) < 4.78 is 18.9. The van der Waals surface area contributed by atoms with Gasteiger partial charge >= 0.3 is 0 Å². The fourth-order valence-electron chi connectivity index (χ4n) is 3.01. The maximum Gasteiger partial charge on any atom is 0.254 e. The molecular formula is C19H19ClFNO2. The molecule has 0 aromatic heterocycles. The average molecular weight is 348 g/mol. The number of hydrogen-bond acceptors (Lipinski definition) is 2. The molecule has 1 amide bonds. The Hall–Kier alpha value is -1.91. The molecule has 2 atom stereocenters. The molecule has 3 nitrogen and oxygen atoms in total. The van der Waals surface area contributed by atoms with Crippen molar-refractivity contribution in [1.82, 2.24) is 4.90 Å². The number of carbonyl (C=O) groups is 1. The molecule has 2 aromatic carbocycles. The maximum absolute atomic E-state index is 13.3. The molecule has 3 rings (SSSR count). The van der Waals surface area contributed by atoms with E-state index in [0.717, 1.165) is 11.1 Å². The van der Waals surface area contributed by atoms with E-state index in [0.29, 0.717) is 18.7 Å². The summed E-state index contributed by atoms with van der Waals surface area (Å²) >= 11 is 5.83. The van der Waals surface area contributed by atoms with Gasteiger partial charge in [0.2, 0.25) is 0 Å². The second-order valence-corrected chi connectivity index (χ2v) is 6.58. The van der Waals surface area contributed by atoms with Gasteiger partial charge in [0.05, 0.1) is 17.2 Å². The van der Waals surface area contributed by atoms with Crippen LogP contribution in [0.15, 0.2) is 42.5 Å². The smallest absolute Gasteiger partial charge is 0.254 e. The summed E-state index contributed by atoms with van der Waals surface area (Å²) in [5, 5.41) is 0.0870. The Morgan fingerprint density at radius 2 is 1.67 bits per heavy atom. The van der Waals surface area contributed by atoms with Crippen LogP contribution in [-0.4, -0.2) is 36.1 Å². The van der Waals surface area contributed by atoms with Crippen molar-refractivity contribution in [3.8, 4) is 11.1 Å². The predicted octanol–water partition coefficient (Wildman–Crippen LogP) is 4.40. The van der Waals surface area contributed by atoms with E-state index in [9.17, 15) is 9.18 Å². The summed E-state index contributed by atoms with van der Waals surface area (Å²) in [6.07, 6.45) is 0.0802. The first-order valence-electron chi connectivity index (χ1n) is 7.94. The zero-order chi connectivity index (χ0) is 17.3. The van der Waals surface area contributed by atoms with Crippen LogP contribution >= 0.6 is 11.6 Å². The molecule has 24 heavy (non-hydrogen) atoms. The molecule has 1 fully saturated rings. The summed E-state index contributed by atoms with van der Waals surface area (Å²) in [5.41, 5.74) is 2.33. The molecule has 1 aliphatic rings. The van der Waals surface area contributed by atoms with Crippen LogP contribution in [0, 0.1) is 5.82 Å². The van der Waals surface area contributed by atoms with Gasteiger partial charge in [-0.1, -0.05) is 29.8 Å². The van der Waals surface area contributed by atoms with E-state index in [1.54, 1.807) is 24.3 Å². The minimum absolute atomic E-state index is 0.000638. The molecule has 0 bridgehead atoms. The lowest BCUT2D eigenvalue weighted by Gasteiger charge is -2.35. The van der Waals surface area contributed by atoms with E-state index in [1.807, 2.05) is 30.9 Å². The van der Waals surface area contributed by atoms with Gasteiger partial charge < -0.3 is 9.64 Å². The molecule has 0 radical (unpaired) electrons. The Kier molecular flexibility index (Phi) is 4.88. The van der Waals surface area contributed by atoms with Crippen molar-refractivity contribution in [1.29, 1.82) is 0 Å². The normalized spacial score (nSPS) is 20.9. The van der Waals surface area contributed by atoms with Crippen LogP contribution in [0.4, 0.5) is 4.39 Å². The molecule has 2 aromatic rings. The minimum atomic E-state index is -0.442. The van der Waals surface area contributed by atoms with Crippen LogP contribution in [-0.2, 0) is 4.74 Å². The minimum Gasteiger partial charge on any atom is -0.372 e. The number of ether oxygens (including phenoxy) is 1. The van der Waals surface area contributed by atoms with Crippen molar-refractivity contribution in [2.75, 3.05) is 13.1 Å². The Morgan fingerprint density at radius 3 is 2.25 bits per heavy atom. The van der Waals surface area contributed by atoms with E-state index in [4.69, 9.17) is 16.3 Å². The van der Waals surface area contributed by atoms with Crippen LogP contribution in [0.1, 0.15) is 24.2 Å². The average Bonchev–Trinajstić information content (AvgIpc) is 2.56. The topological polar surface area (TPSA) is 29.5 Å². The first-order valence-corrected chi connectivity index (χ1v) is 8.32. The zero-order valence-corrected chi connectivity index (χ0v) is 14.4. The first-order chi connectivity index (χ1) is 11.4. The number of carbonyl (C=O) groups excluding carboxylic acids is 1. The van der Waals surface area contributed by atoms with Gasteiger partial charge in [0.1, 0.15) is 5.82 Å². The Morgan fingerprint density at radius 1 is 1.08 bits per heavy atom. The highest BCUT2D eigenvalue weighted by Crippen LogP contribution is 2.25. The predicted molar refractivity (Wildman–Crippen MR) is 92.8 cm³/mol. The summed E-state index contributed by atoms with van der Waals surface area (Å²) in [6, 6.07) is 11.9. The summed E-state index contributed by atoms with van der Waals surface area (Å²) in [4.78, 5) is 14.5. The highest BCUT2D eigenvalue weighted by atomic mass is 35.5. The van der Waals surface area contributed by atoms with E-state index in [2.05, 4.69) is 0 Å². The van der Waals surface area contributed by atoms with Gasteiger partial charge in [0.15, 0.2) is 0 Å². The molecule has 5 heteroatoms. The van der Waals surface area contributed by atoms with Crippen molar-refractivity contribution in [2.45, 2.75) is 26.1 Å².